The van der Waals surface area contributed by atoms with Crippen LogP contribution < -0.4 is 20.1 Å². The highest BCUT2D eigenvalue weighted by atomic mass is 32.2. The molecule has 0 spiro atoms. The maximum absolute atomic E-state index is 12.6. The van der Waals surface area contributed by atoms with Crippen LogP contribution in [0.25, 0.3) is 0 Å². The minimum Gasteiger partial charge on any atom is -0.497 e. The standard InChI is InChI=1S/C23H25N5O4S/c1-4-13-28-20(14-21(29)25-18-7-5-6-8-19(18)32-3)26-27-23(28)33-15-22(30)24-16-9-11-17(31-2)12-10-16/h4-12H,1,13-15H2,2-3H3,(H,24,30)(H,25,29). The quantitative estimate of drug-likeness (QED) is 0.329. The number of methoxy groups -OCH3 is 2. The van der Waals surface area contributed by atoms with Crippen molar-refractivity contribution in [3.8, 4) is 11.5 Å². The Balaban J connectivity index is 1.61. The Bertz CT molecular complexity index is 1110. The van der Waals surface area contributed by atoms with Gasteiger partial charge in [-0.15, -0.1) is 16.8 Å². The third-order valence-electron chi connectivity index (χ3n) is 4.51. The molecule has 3 rings (SSSR count). The molecule has 0 radical (unpaired) electrons. The van der Waals surface area contributed by atoms with Crippen LogP contribution >= 0.6 is 11.8 Å². The van der Waals surface area contributed by atoms with Crippen LogP contribution in [0.2, 0.25) is 0 Å². The molecule has 2 N–H and O–H groups in total. The van der Waals surface area contributed by atoms with E-state index in [9.17, 15) is 9.59 Å². The molecule has 10 heteroatoms. The molecular weight excluding hydrogens is 442 g/mol. The molecule has 0 saturated carbocycles. The summed E-state index contributed by atoms with van der Waals surface area (Å²) in [5.41, 5.74) is 1.24. The second-order valence-electron chi connectivity index (χ2n) is 6.79. The summed E-state index contributed by atoms with van der Waals surface area (Å²) in [6.45, 7) is 4.17. The topological polar surface area (TPSA) is 107 Å². The molecule has 9 nitrogen and oxygen atoms in total. The second kappa shape index (κ2) is 11.7. The summed E-state index contributed by atoms with van der Waals surface area (Å²) in [6.07, 6.45) is 1.70. The number of allylic oxidation sites excluding steroid dienone is 1. The minimum atomic E-state index is -0.258. The lowest BCUT2D eigenvalue weighted by Gasteiger charge is -2.11. The van der Waals surface area contributed by atoms with E-state index in [4.69, 9.17) is 9.47 Å². The fourth-order valence-electron chi connectivity index (χ4n) is 2.96. The number of carbonyl (C=O) groups excluding carboxylic acids is 2. The molecule has 172 valence electrons. The first kappa shape index (κ1) is 23.9. The molecule has 1 heterocycles. The summed E-state index contributed by atoms with van der Waals surface area (Å²) in [7, 11) is 3.13. The van der Waals surface area contributed by atoms with Gasteiger partial charge in [0.15, 0.2) is 5.16 Å². The molecule has 0 atom stereocenters. The SMILES string of the molecule is C=CCn1c(CC(=O)Nc2ccccc2OC)nnc1SCC(=O)Nc1ccc(OC)cc1. The van der Waals surface area contributed by atoms with E-state index in [2.05, 4.69) is 27.4 Å². The monoisotopic (exact) mass is 467 g/mol. The Labute approximate surface area is 196 Å². The van der Waals surface area contributed by atoms with Gasteiger partial charge >= 0.3 is 0 Å². The van der Waals surface area contributed by atoms with Crippen molar-refractivity contribution in [1.29, 1.82) is 0 Å². The van der Waals surface area contributed by atoms with E-state index in [1.807, 2.05) is 12.1 Å². The highest BCUT2D eigenvalue weighted by Crippen LogP contribution is 2.24. The third-order valence-corrected chi connectivity index (χ3v) is 5.48. The van der Waals surface area contributed by atoms with Crippen LogP contribution in [-0.4, -0.2) is 46.6 Å². The number of amides is 2. The molecule has 0 fully saturated rings. The largest absolute Gasteiger partial charge is 0.497 e. The van der Waals surface area contributed by atoms with Crippen LogP contribution in [0.4, 0.5) is 11.4 Å². The zero-order valence-electron chi connectivity index (χ0n) is 18.4. The first-order valence-corrected chi connectivity index (χ1v) is 11.0. The molecule has 0 saturated heterocycles. The minimum absolute atomic E-state index is 0.0114. The number of benzene rings is 2. The van der Waals surface area contributed by atoms with Gasteiger partial charge in [0.1, 0.15) is 17.3 Å². The number of rotatable bonds is 11. The molecule has 1 aromatic heterocycles. The van der Waals surface area contributed by atoms with Crippen LogP contribution in [0, 0.1) is 0 Å². The molecule has 0 aliphatic rings. The van der Waals surface area contributed by atoms with Gasteiger partial charge in [-0.1, -0.05) is 30.0 Å². The van der Waals surface area contributed by atoms with Crippen molar-refractivity contribution in [2.45, 2.75) is 18.1 Å². The number of hydrogen-bond acceptors (Lipinski definition) is 7. The summed E-state index contributed by atoms with van der Waals surface area (Å²) < 4.78 is 12.1. The first-order chi connectivity index (χ1) is 16.0. The van der Waals surface area contributed by atoms with Gasteiger partial charge in [-0.3, -0.25) is 9.59 Å². The van der Waals surface area contributed by atoms with Crippen molar-refractivity contribution < 1.29 is 19.1 Å². The number of aromatic nitrogens is 3. The predicted molar refractivity (Wildman–Crippen MR) is 128 cm³/mol. The van der Waals surface area contributed by atoms with E-state index in [-0.39, 0.29) is 24.0 Å². The number of carbonyl (C=O) groups is 2. The number of para-hydroxylation sites is 2. The summed E-state index contributed by atoms with van der Waals surface area (Å²) in [4.78, 5) is 24.9. The van der Waals surface area contributed by atoms with Gasteiger partial charge < -0.3 is 24.7 Å². The van der Waals surface area contributed by atoms with E-state index in [1.54, 1.807) is 61.3 Å². The van der Waals surface area contributed by atoms with Gasteiger partial charge in [0.25, 0.3) is 0 Å². The molecule has 0 aliphatic carbocycles. The van der Waals surface area contributed by atoms with Gasteiger partial charge in [-0.25, -0.2) is 0 Å². The highest BCUT2D eigenvalue weighted by molar-refractivity contribution is 7.99. The van der Waals surface area contributed by atoms with Crippen LogP contribution in [0.3, 0.4) is 0 Å². The van der Waals surface area contributed by atoms with Crippen molar-refractivity contribution in [1.82, 2.24) is 14.8 Å². The van der Waals surface area contributed by atoms with Crippen LogP contribution in [-0.2, 0) is 22.6 Å². The van der Waals surface area contributed by atoms with E-state index >= 15 is 0 Å². The lowest BCUT2D eigenvalue weighted by atomic mass is 10.2. The van der Waals surface area contributed by atoms with Gasteiger partial charge in [0.05, 0.1) is 32.1 Å². The Morgan fingerprint density at radius 1 is 1.03 bits per heavy atom. The van der Waals surface area contributed by atoms with Crippen molar-refractivity contribution in [2.24, 2.45) is 0 Å². The zero-order valence-corrected chi connectivity index (χ0v) is 19.2. The fourth-order valence-corrected chi connectivity index (χ4v) is 3.72. The average molecular weight is 468 g/mol. The average Bonchev–Trinajstić information content (AvgIpc) is 3.19. The van der Waals surface area contributed by atoms with E-state index < -0.39 is 0 Å². The van der Waals surface area contributed by atoms with Gasteiger partial charge in [-0.2, -0.15) is 0 Å². The van der Waals surface area contributed by atoms with Crippen LogP contribution in [0.5, 0.6) is 11.5 Å². The van der Waals surface area contributed by atoms with Crippen LogP contribution in [0.1, 0.15) is 5.82 Å². The first-order valence-electron chi connectivity index (χ1n) is 10.1. The van der Waals surface area contributed by atoms with Gasteiger partial charge in [-0.05, 0) is 36.4 Å². The van der Waals surface area contributed by atoms with Crippen molar-refractivity contribution in [2.75, 3.05) is 30.6 Å². The maximum Gasteiger partial charge on any atom is 0.234 e. The molecule has 2 aromatic carbocycles. The molecule has 33 heavy (non-hydrogen) atoms. The molecular formula is C23H25N5O4S. The molecule has 2 amide bonds. The van der Waals surface area contributed by atoms with E-state index in [0.29, 0.717) is 40.4 Å². The van der Waals surface area contributed by atoms with Crippen molar-refractivity contribution >= 4 is 35.0 Å². The maximum atomic E-state index is 12.6. The third kappa shape index (κ3) is 6.59. The molecule has 0 aliphatic heterocycles. The summed E-state index contributed by atoms with van der Waals surface area (Å²) in [6, 6.07) is 14.2. The molecule has 0 unspecified atom stereocenters. The van der Waals surface area contributed by atoms with E-state index in [1.165, 1.54) is 11.8 Å². The number of thioether (sulfide) groups is 1. The predicted octanol–water partition coefficient (Wildman–Crippen LogP) is 3.39. The number of hydrogen-bond donors (Lipinski definition) is 2. The molecule has 3 aromatic rings. The number of ether oxygens (including phenoxy) is 2. The Morgan fingerprint density at radius 3 is 2.48 bits per heavy atom. The van der Waals surface area contributed by atoms with Crippen LogP contribution in [0.15, 0.2) is 66.3 Å². The van der Waals surface area contributed by atoms with Crippen molar-refractivity contribution in [3.63, 3.8) is 0 Å². The summed E-state index contributed by atoms with van der Waals surface area (Å²) >= 11 is 1.23. The van der Waals surface area contributed by atoms with Gasteiger partial charge in [0.2, 0.25) is 11.8 Å². The smallest absolute Gasteiger partial charge is 0.234 e. The Kier molecular flexibility index (Phi) is 8.48. The zero-order chi connectivity index (χ0) is 23.6. The normalized spacial score (nSPS) is 10.4. The lowest BCUT2D eigenvalue weighted by molar-refractivity contribution is -0.116. The van der Waals surface area contributed by atoms with Crippen molar-refractivity contribution in [3.05, 3.63) is 67.0 Å². The second-order valence-corrected chi connectivity index (χ2v) is 7.73. The van der Waals surface area contributed by atoms with E-state index in [0.717, 1.165) is 0 Å². The number of nitrogens with zero attached hydrogens (tertiary/aromatic N) is 3. The lowest BCUT2D eigenvalue weighted by Crippen LogP contribution is -2.18. The summed E-state index contributed by atoms with van der Waals surface area (Å²) in [5.74, 6) is 1.44. The Hall–Kier alpha value is -3.79. The molecule has 0 bridgehead atoms. The Morgan fingerprint density at radius 2 is 1.79 bits per heavy atom. The highest BCUT2D eigenvalue weighted by Gasteiger charge is 2.17. The van der Waals surface area contributed by atoms with Gasteiger partial charge in [0, 0.05) is 12.2 Å². The number of anilines is 2. The summed E-state index contributed by atoms with van der Waals surface area (Å²) in [5, 5.41) is 14.5. The number of nitrogens with one attached hydrogen (secondary N) is 2. The fraction of sp³-hybridized carbons (Fsp3) is 0.217.